The maximum atomic E-state index is 5.14. The summed E-state index contributed by atoms with van der Waals surface area (Å²) < 4.78 is 5.14. The zero-order valence-corrected chi connectivity index (χ0v) is 12.1. The van der Waals surface area contributed by atoms with Gasteiger partial charge in [0.2, 0.25) is 0 Å². The van der Waals surface area contributed by atoms with Crippen molar-refractivity contribution in [3.8, 4) is 5.75 Å². The number of aryl methyl sites for hydroxylation is 1. The van der Waals surface area contributed by atoms with Crippen molar-refractivity contribution in [3.63, 3.8) is 0 Å². The van der Waals surface area contributed by atoms with E-state index in [2.05, 4.69) is 34.6 Å². The molecule has 0 N–H and O–H groups in total. The van der Waals surface area contributed by atoms with Gasteiger partial charge in [0.1, 0.15) is 5.75 Å². The van der Waals surface area contributed by atoms with E-state index in [1.165, 1.54) is 56.9 Å². The SMILES string of the molecule is CCCCCCCCCc1cccc(OP)c1. The molecule has 1 nitrogen and oxygen atoms in total. The summed E-state index contributed by atoms with van der Waals surface area (Å²) in [5.41, 5.74) is 1.39. The third-order valence-corrected chi connectivity index (χ3v) is 3.38. The lowest BCUT2D eigenvalue weighted by molar-refractivity contribution is 0.588. The van der Waals surface area contributed by atoms with Gasteiger partial charge in [-0.2, -0.15) is 0 Å². The third kappa shape index (κ3) is 6.68. The molecule has 0 heterocycles. The molecule has 0 saturated carbocycles. The Balaban J connectivity index is 2.09. The first kappa shape index (κ1) is 14.5. The molecule has 2 heteroatoms. The molecule has 1 aromatic carbocycles. The minimum atomic E-state index is 0.940. The largest absolute Gasteiger partial charge is 0.480 e. The van der Waals surface area contributed by atoms with E-state index in [1.807, 2.05) is 6.07 Å². The lowest BCUT2D eigenvalue weighted by Crippen LogP contribution is -1.87. The second-order valence-corrected chi connectivity index (χ2v) is 4.87. The quantitative estimate of drug-likeness (QED) is 0.436. The van der Waals surface area contributed by atoms with Crippen LogP contribution in [-0.4, -0.2) is 0 Å². The van der Waals surface area contributed by atoms with Crippen LogP contribution in [0.2, 0.25) is 0 Å². The smallest absolute Gasteiger partial charge is 0.122 e. The van der Waals surface area contributed by atoms with Crippen LogP contribution in [0.15, 0.2) is 24.3 Å². The van der Waals surface area contributed by atoms with Crippen LogP contribution >= 0.6 is 9.47 Å². The van der Waals surface area contributed by atoms with Gasteiger partial charge in [-0.1, -0.05) is 57.6 Å². The van der Waals surface area contributed by atoms with Gasteiger partial charge in [0, 0.05) is 0 Å². The van der Waals surface area contributed by atoms with Crippen molar-refractivity contribution in [2.45, 2.75) is 58.3 Å². The summed E-state index contributed by atoms with van der Waals surface area (Å²) in [5.74, 6) is 0.940. The number of hydrogen-bond donors (Lipinski definition) is 0. The molecule has 0 aliphatic rings. The highest BCUT2D eigenvalue weighted by atomic mass is 31.0. The summed E-state index contributed by atoms with van der Waals surface area (Å²) in [7, 11) is 2.30. The van der Waals surface area contributed by atoms with Crippen molar-refractivity contribution in [1.29, 1.82) is 0 Å². The molecule has 0 aliphatic carbocycles. The Morgan fingerprint density at radius 1 is 1.00 bits per heavy atom. The van der Waals surface area contributed by atoms with E-state index in [4.69, 9.17) is 4.52 Å². The molecule has 17 heavy (non-hydrogen) atoms. The molecule has 0 fully saturated rings. The summed E-state index contributed by atoms with van der Waals surface area (Å²) in [6, 6.07) is 8.37. The van der Waals surface area contributed by atoms with Crippen molar-refractivity contribution >= 4 is 9.47 Å². The van der Waals surface area contributed by atoms with Gasteiger partial charge in [-0.05, 0) is 30.5 Å². The minimum absolute atomic E-state index is 0.940. The number of rotatable bonds is 9. The summed E-state index contributed by atoms with van der Waals surface area (Å²) in [6.45, 7) is 2.26. The number of hydrogen-bond acceptors (Lipinski definition) is 1. The van der Waals surface area contributed by atoms with E-state index >= 15 is 0 Å². The van der Waals surface area contributed by atoms with Crippen LogP contribution in [0, 0.1) is 0 Å². The van der Waals surface area contributed by atoms with E-state index in [-0.39, 0.29) is 0 Å². The first-order valence-corrected chi connectivity index (χ1v) is 7.29. The van der Waals surface area contributed by atoms with Crippen LogP contribution < -0.4 is 4.52 Å². The van der Waals surface area contributed by atoms with Gasteiger partial charge in [-0.3, -0.25) is 0 Å². The number of unbranched alkanes of at least 4 members (excludes halogenated alkanes) is 6. The second-order valence-electron chi connectivity index (χ2n) is 4.64. The Bertz CT molecular complexity index is 299. The van der Waals surface area contributed by atoms with Gasteiger partial charge < -0.3 is 4.52 Å². The van der Waals surface area contributed by atoms with Crippen LogP contribution in [0.5, 0.6) is 5.75 Å². The summed E-state index contributed by atoms with van der Waals surface area (Å²) in [5, 5.41) is 0. The monoisotopic (exact) mass is 252 g/mol. The summed E-state index contributed by atoms with van der Waals surface area (Å²) in [4.78, 5) is 0. The molecule has 1 unspecified atom stereocenters. The van der Waals surface area contributed by atoms with Crippen LogP contribution in [0.3, 0.4) is 0 Å². The van der Waals surface area contributed by atoms with Gasteiger partial charge >= 0.3 is 0 Å². The Morgan fingerprint density at radius 3 is 2.41 bits per heavy atom. The van der Waals surface area contributed by atoms with Crippen molar-refractivity contribution in [3.05, 3.63) is 29.8 Å². The Kier molecular flexibility index (Phi) is 8.09. The Morgan fingerprint density at radius 2 is 1.71 bits per heavy atom. The Hall–Kier alpha value is -0.550. The van der Waals surface area contributed by atoms with E-state index in [0.717, 1.165) is 5.75 Å². The molecule has 0 bridgehead atoms. The molecule has 96 valence electrons. The van der Waals surface area contributed by atoms with Gasteiger partial charge in [-0.15, -0.1) is 0 Å². The molecule has 0 saturated heterocycles. The molecular formula is C15H25OP. The minimum Gasteiger partial charge on any atom is -0.480 e. The first-order chi connectivity index (χ1) is 8.36. The maximum absolute atomic E-state index is 5.14. The third-order valence-electron chi connectivity index (χ3n) is 3.10. The van der Waals surface area contributed by atoms with E-state index in [0.29, 0.717) is 0 Å². The zero-order chi connectivity index (χ0) is 12.3. The first-order valence-electron chi connectivity index (χ1n) is 6.82. The van der Waals surface area contributed by atoms with Gasteiger partial charge in [0.25, 0.3) is 0 Å². The average molecular weight is 252 g/mol. The summed E-state index contributed by atoms with van der Waals surface area (Å²) >= 11 is 0. The van der Waals surface area contributed by atoms with E-state index < -0.39 is 0 Å². The summed E-state index contributed by atoms with van der Waals surface area (Å²) in [6.07, 6.45) is 10.8. The predicted octanol–water partition coefficient (Wildman–Crippen LogP) is 5.15. The van der Waals surface area contributed by atoms with Crippen molar-refractivity contribution < 1.29 is 4.52 Å². The van der Waals surface area contributed by atoms with Crippen molar-refractivity contribution in [2.75, 3.05) is 0 Å². The highest BCUT2D eigenvalue weighted by molar-refractivity contribution is 7.10. The fourth-order valence-corrected chi connectivity index (χ4v) is 2.21. The molecular weight excluding hydrogens is 227 g/mol. The number of benzene rings is 1. The predicted molar refractivity (Wildman–Crippen MR) is 78.5 cm³/mol. The fraction of sp³-hybridized carbons (Fsp3) is 0.600. The molecule has 1 atom stereocenters. The highest BCUT2D eigenvalue weighted by Crippen LogP contribution is 2.17. The van der Waals surface area contributed by atoms with E-state index in [1.54, 1.807) is 0 Å². The molecule has 0 amide bonds. The zero-order valence-electron chi connectivity index (χ0n) is 11.0. The lowest BCUT2D eigenvalue weighted by Gasteiger charge is -2.04. The van der Waals surface area contributed by atoms with Crippen LogP contribution in [0.25, 0.3) is 0 Å². The molecule has 1 aromatic rings. The van der Waals surface area contributed by atoms with Crippen LogP contribution in [0.4, 0.5) is 0 Å². The topological polar surface area (TPSA) is 9.23 Å². The molecule has 0 aliphatic heterocycles. The molecule has 0 radical (unpaired) electrons. The molecule has 0 spiro atoms. The van der Waals surface area contributed by atoms with Crippen molar-refractivity contribution in [1.82, 2.24) is 0 Å². The standard InChI is InChI=1S/C15H25OP/c1-2-3-4-5-6-7-8-10-14-11-9-12-15(13-14)16-17/h9,11-13H,2-8,10,17H2,1H3. The molecule has 0 aromatic heterocycles. The maximum Gasteiger partial charge on any atom is 0.122 e. The van der Waals surface area contributed by atoms with Crippen molar-refractivity contribution in [2.24, 2.45) is 0 Å². The lowest BCUT2D eigenvalue weighted by atomic mass is 10.0. The average Bonchev–Trinajstić information content (AvgIpc) is 2.38. The second kappa shape index (κ2) is 9.48. The highest BCUT2D eigenvalue weighted by Gasteiger charge is 1.96. The normalized spacial score (nSPS) is 10.5. The van der Waals surface area contributed by atoms with Crippen LogP contribution in [-0.2, 0) is 6.42 Å². The fourth-order valence-electron chi connectivity index (χ4n) is 2.06. The van der Waals surface area contributed by atoms with Gasteiger partial charge in [0.05, 0.1) is 9.47 Å². The molecule has 1 rings (SSSR count). The van der Waals surface area contributed by atoms with Gasteiger partial charge in [0.15, 0.2) is 0 Å². The van der Waals surface area contributed by atoms with E-state index in [9.17, 15) is 0 Å². The van der Waals surface area contributed by atoms with Gasteiger partial charge in [-0.25, -0.2) is 0 Å². The Labute approximate surface area is 108 Å². The van der Waals surface area contributed by atoms with Crippen LogP contribution in [0.1, 0.15) is 57.4 Å².